The molecule has 2 saturated heterocycles. The molecular weight excluding hydrogens is 450 g/mol. The van der Waals surface area contributed by atoms with Crippen molar-refractivity contribution in [3.05, 3.63) is 59.4 Å². The average Bonchev–Trinajstić information content (AvgIpc) is 3.39. The molecule has 0 aromatic carbocycles. The number of thioether (sulfide) groups is 1. The van der Waals surface area contributed by atoms with E-state index in [1.807, 2.05) is 50.1 Å². The van der Waals surface area contributed by atoms with Gasteiger partial charge in [-0.2, -0.15) is 4.99 Å². The number of carbonyl (C=O) groups excluding carboxylic acids is 1. The summed E-state index contributed by atoms with van der Waals surface area (Å²) in [6.45, 7) is 17.0. The Bertz CT molecular complexity index is 939. The van der Waals surface area contributed by atoms with Crippen LogP contribution in [0.1, 0.15) is 13.8 Å². The Morgan fingerprint density at radius 3 is 2.68 bits per heavy atom. The molecule has 0 radical (unpaired) electrons. The first kappa shape index (κ1) is 25.8. The molecule has 0 aromatic heterocycles. The second-order valence-corrected chi connectivity index (χ2v) is 9.25. The zero-order chi connectivity index (χ0) is 24.5. The second-order valence-electron chi connectivity index (χ2n) is 8.18. The van der Waals surface area contributed by atoms with Crippen LogP contribution < -0.4 is 10.6 Å². The van der Waals surface area contributed by atoms with Crippen molar-refractivity contribution in [1.82, 2.24) is 25.3 Å². The highest BCUT2D eigenvalue weighted by molar-refractivity contribution is 7.99. The molecule has 9 nitrogen and oxygen atoms in total. The van der Waals surface area contributed by atoms with Crippen LogP contribution in [-0.2, 0) is 9.53 Å². The molecule has 3 aliphatic heterocycles. The number of aliphatic imine (C=N–C) groups is 2. The van der Waals surface area contributed by atoms with Crippen LogP contribution in [0.3, 0.4) is 0 Å². The third-order valence-corrected chi connectivity index (χ3v) is 6.63. The van der Waals surface area contributed by atoms with Gasteiger partial charge in [0.2, 0.25) is 5.91 Å². The summed E-state index contributed by atoms with van der Waals surface area (Å²) in [6.07, 6.45) is 7.32. The molecule has 34 heavy (non-hydrogen) atoms. The number of hydrogen-bond acceptors (Lipinski definition) is 9. The fourth-order valence-corrected chi connectivity index (χ4v) is 4.49. The summed E-state index contributed by atoms with van der Waals surface area (Å²) in [4.78, 5) is 26.9. The summed E-state index contributed by atoms with van der Waals surface area (Å²) in [5.41, 5.74) is 2.17. The molecule has 10 heteroatoms. The number of allylic oxidation sites excluding steroid dienone is 5. The highest BCUT2D eigenvalue weighted by Crippen LogP contribution is 2.23. The van der Waals surface area contributed by atoms with Crippen LogP contribution in [0.5, 0.6) is 0 Å². The standard InChI is InChI=1S/C24H35N7O2S/c1-18(23(32)31-14-15-34-17-31)8-6-7-9-19(2)33-24-28-22(25-4)21(20(3)29(24)5)27-16-30-12-10-26-11-13-30/h6-9,26-27H,3-4,10-17H2,1-2,5H3/b7-6-,18-8+,19-9+. The van der Waals surface area contributed by atoms with Crippen LogP contribution in [0, 0.1) is 0 Å². The van der Waals surface area contributed by atoms with Crippen molar-refractivity contribution >= 4 is 30.4 Å². The lowest BCUT2D eigenvalue weighted by Gasteiger charge is -2.32. The van der Waals surface area contributed by atoms with Gasteiger partial charge in [-0.15, -0.1) is 11.8 Å². The van der Waals surface area contributed by atoms with Gasteiger partial charge in [-0.25, -0.2) is 4.99 Å². The Hall–Kier alpha value is -2.82. The van der Waals surface area contributed by atoms with E-state index in [-0.39, 0.29) is 5.91 Å². The van der Waals surface area contributed by atoms with Crippen LogP contribution in [0.4, 0.5) is 0 Å². The Kier molecular flexibility index (Phi) is 9.55. The first-order valence-electron chi connectivity index (χ1n) is 11.4. The number of ether oxygens (including phenoxy) is 1. The molecule has 3 rings (SSSR count). The molecule has 184 valence electrons. The van der Waals surface area contributed by atoms with Crippen LogP contribution in [0.15, 0.2) is 69.4 Å². The van der Waals surface area contributed by atoms with Gasteiger partial charge in [0.15, 0.2) is 5.82 Å². The highest BCUT2D eigenvalue weighted by Gasteiger charge is 2.25. The predicted molar refractivity (Wildman–Crippen MR) is 140 cm³/mol. The number of likely N-dealkylation sites (N-methyl/N-ethyl adjacent to an activating group) is 1. The molecule has 0 aromatic rings. The maximum absolute atomic E-state index is 12.3. The zero-order valence-electron chi connectivity index (χ0n) is 20.3. The lowest BCUT2D eigenvalue weighted by Crippen LogP contribution is -2.47. The van der Waals surface area contributed by atoms with E-state index in [2.05, 4.69) is 38.8 Å². The Morgan fingerprint density at radius 1 is 1.26 bits per heavy atom. The molecule has 0 spiro atoms. The molecule has 2 N–H and O–H groups in total. The fourth-order valence-electron chi connectivity index (χ4n) is 3.54. The number of nitrogens with zero attached hydrogens (tertiary/aromatic N) is 5. The molecule has 3 heterocycles. The molecule has 1 amide bonds. The quantitative estimate of drug-likeness (QED) is 0.236. The van der Waals surface area contributed by atoms with Crippen LogP contribution in [0.2, 0.25) is 0 Å². The molecule has 0 unspecified atom stereocenters. The van der Waals surface area contributed by atoms with Crippen LogP contribution in [-0.4, -0.2) is 91.4 Å². The number of carbonyl (C=O) groups is 1. The molecule has 0 aliphatic carbocycles. The SMILES string of the molecule is C=NC1=C(NCN2CCNCC2)C(=C)N(C)C(O/C(C)=C/C=C\C=C(/C)C(=O)N2CCSC2)=N1. The number of rotatable bonds is 8. The van der Waals surface area contributed by atoms with Crippen molar-refractivity contribution < 1.29 is 9.53 Å². The van der Waals surface area contributed by atoms with E-state index in [1.54, 1.807) is 16.7 Å². The number of piperazine rings is 1. The van der Waals surface area contributed by atoms with Gasteiger partial charge < -0.3 is 20.3 Å². The van der Waals surface area contributed by atoms with Gasteiger partial charge >= 0.3 is 6.02 Å². The summed E-state index contributed by atoms with van der Waals surface area (Å²) < 4.78 is 5.94. The van der Waals surface area contributed by atoms with Crippen molar-refractivity contribution in [1.29, 1.82) is 0 Å². The molecule has 0 atom stereocenters. The van der Waals surface area contributed by atoms with Crippen molar-refractivity contribution in [2.45, 2.75) is 13.8 Å². The van der Waals surface area contributed by atoms with Gasteiger partial charge in [0.25, 0.3) is 0 Å². The normalized spacial score (nSPS) is 20.8. The van der Waals surface area contributed by atoms with E-state index in [1.165, 1.54) is 0 Å². The number of nitrogens with one attached hydrogen (secondary N) is 2. The average molecular weight is 486 g/mol. The largest absolute Gasteiger partial charge is 0.430 e. The third-order valence-electron chi connectivity index (χ3n) is 5.66. The summed E-state index contributed by atoms with van der Waals surface area (Å²) in [5, 5.41) is 6.75. The van der Waals surface area contributed by atoms with Crippen molar-refractivity contribution in [3.8, 4) is 0 Å². The van der Waals surface area contributed by atoms with Crippen LogP contribution in [0.25, 0.3) is 0 Å². The molecular formula is C24H35N7O2S. The number of hydrogen-bond donors (Lipinski definition) is 2. The van der Waals surface area contributed by atoms with E-state index < -0.39 is 0 Å². The maximum atomic E-state index is 12.3. The number of amides is 1. The summed E-state index contributed by atoms with van der Waals surface area (Å²) in [5.74, 6) is 2.95. The number of amidine groups is 1. The minimum atomic E-state index is 0.0842. The second kappa shape index (κ2) is 12.6. The Labute approximate surface area is 206 Å². The van der Waals surface area contributed by atoms with Crippen molar-refractivity contribution in [2.24, 2.45) is 9.98 Å². The molecule has 3 aliphatic rings. The summed E-state index contributed by atoms with van der Waals surface area (Å²) >= 11 is 1.78. The minimum absolute atomic E-state index is 0.0842. The van der Waals surface area contributed by atoms with Gasteiger partial charge in [-0.3, -0.25) is 14.6 Å². The maximum Gasteiger partial charge on any atom is 0.303 e. The fraction of sp³-hybridized carbons (Fsp3) is 0.458. The third kappa shape index (κ3) is 6.85. The molecule has 0 saturated carbocycles. The van der Waals surface area contributed by atoms with Gasteiger partial charge in [-0.05, 0) is 26.6 Å². The lowest BCUT2D eigenvalue weighted by molar-refractivity contribution is -0.125. The Balaban J connectivity index is 1.61. The van der Waals surface area contributed by atoms with Crippen molar-refractivity contribution in [2.75, 3.05) is 58.1 Å². The van der Waals surface area contributed by atoms with E-state index >= 15 is 0 Å². The molecule has 0 bridgehead atoms. The highest BCUT2D eigenvalue weighted by atomic mass is 32.2. The van der Waals surface area contributed by atoms with Gasteiger partial charge in [0.1, 0.15) is 11.5 Å². The minimum Gasteiger partial charge on any atom is -0.430 e. The molecule has 2 fully saturated rings. The van der Waals surface area contributed by atoms with Crippen LogP contribution >= 0.6 is 11.8 Å². The van der Waals surface area contributed by atoms with E-state index in [4.69, 9.17) is 4.74 Å². The summed E-state index contributed by atoms with van der Waals surface area (Å²) in [7, 11) is 1.85. The van der Waals surface area contributed by atoms with E-state index in [9.17, 15) is 4.79 Å². The smallest absolute Gasteiger partial charge is 0.303 e. The predicted octanol–water partition coefficient (Wildman–Crippen LogP) is 2.08. The first-order chi connectivity index (χ1) is 16.4. The zero-order valence-corrected chi connectivity index (χ0v) is 21.2. The summed E-state index contributed by atoms with van der Waals surface area (Å²) in [6, 6.07) is 0.371. The van der Waals surface area contributed by atoms with Gasteiger partial charge in [0, 0.05) is 51.1 Å². The lowest BCUT2D eigenvalue weighted by atomic mass is 10.2. The first-order valence-corrected chi connectivity index (χ1v) is 12.5. The van der Waals surface area contributed by atoms with Gasteiger partial charge in [-0.1, -0.05) is 24.8 Å². The monoisotopic (exact) mass is 485 g/mol. The van der Waals surface area contributed by atoms with Gasteiger partial charge in [0.05, 0.1) is 18.2 Å². The van der Waals surface area contributed by atoms with Crippen molar-refractivity contribution in [3.63, 3.8) is 0 Å². The van der Waals surface area contributed by atoms with E-state index in [0.29, 0.717) is 35.5 Å². The topological polar surface area (TPSA) is 84.8 Å². The van der Waals surface area contributed by atoms with E-state index in [0.717, 1.165) is 50.1 Å². The Morgan fingerprint density at radius 2 is 2.00 bits per heavy atom.